The maximum absolute atomic E-state index is 10.9. The van der Waals surface area contributed by atoms with Crippen LogP contribution in [0, 0.1) is 6.92 Å². The molecule has 0 aliphatic rings. The Kier molecular flexibility index (Phi) is 2.52. The highest BCUT2D eigenvalue weighted by Gasteiger charge is 2.06. The Bertz CT molecular complexity index is 373. The largest absolute Gasteiger partial charge is 0.366 e. The molecule has 0 aliphatic heterocycles. The van der Waals surface area contributed by atoms with Crippen molar-refractivity contribution < 1.29 is 4.79 Å². The average Bonchev–Trinajstić information content (AvgIpc) is 2.08. The first kappa shape index (κ1) is 9.09. The molecule has 66 valence electrons. The first-order chi connectivity index (χ1) is 6.16. The number of azide groups is 1. The summed E-state index contributed by atoms with van der Waals surface area (Å²) in [5.74, 6) is -0.521. The minimum absolute atomic E-state index is 0.380. The lowest BCUT2D eigenvalue weighted by atomic mass is 10.1. The summed E-state index contributed by atoms with van der Waals surface area (Å²) in [5, 5.41) is 3.42. The van der Waals surface area contributed by atoms with Crippen LogP contribution in [0.15, 0.2) is 23.3 Å². The summed E-state index contributed by atoms with van der Waals surface area (Å²) in [6.07, 6.45) is 0. The second-order valence-corrected chi connectivity index (χ2v) is 2.50. The van der Waals surface area contributed by atoms with Crippen LogP contribution in [0.25, 0.3) is 10.4 Å². The topological polar surface area (TPSA) is 91.8 Å². The molecule has 0 saturated heterocycles. The Morgan fingerprint density at radius 2 is 2.31 bits per heavy atom. The Morgan fingerprint density at radius 3 is 2.85 bits per heavy atom. The maximum atomic E-state index is 10.9. The van der Waals surface area contributed by atoms with Crippen molar-refractivity contribution in [2.24, 2.45) is 10.8 Å². The van der Waals surface area contributed by atoms with Gasteiger partial charge in [-0.3, -0.25) is 4.79 Å². The highest BCUT2D eigenvalue weighted by atomic mass is 16.1. The van der Waals surface area contributed by atoms with Crippen LogP contribution in [-0.4, -0.2) is 5.91 Å². The van der Waals surface area contributed by atoms with Crippen molar-refractivity contribution in [2.75, 3.05) is 0 Å². The normalized spacial score (nSPS) is 9.00. The molecule has 0 aromatic heterocycles. The average molecular weight is 176 g/mol. The van der Waals surface area contributed by atoms with Crippen LogP contribution in [-0.2, 0) is 0 Å². The van der Waals surface area contributed by atoms with Crippen molar-refractivity contribution in [3.05, 3.63) is 39.8 Å². The fourth-order valence-electron chi connectivity index (χ4n) is 1.05. The second kappa shape index (κ2) is 3.60. The van der Waals surface area contributed by atoms with E-state index in [1.165, 1.54) is 0 Å². The van der Waals surface area contributed by atoms with Crippen LogP contribution in [0.2, 0.25) is 0 Å². The number of carbonyl (C=O) groups excluding carboxylic acids is 1. The zero-order valence-electron chi connectivity index (χ0n) is 7.06. The monoisotopic (exact) mass is 176 g/mol. The van der Waals surface area contributed by atoms with Gasteiger partial charge in [-0.1, -0.05) is 17.2 Å². The number of amides is 1. The number of nitrogens with zero attached hydrogens (tertiary/aromatic N) is 3. The van der Waals surface area contributed by atoms with Crippen LogP contribution in [0.5, 0.6) is 0 Å². The Hall–Kier alpha value is -2.00. The zero-order valence-corrected chi connectivity index (χ0v) is 7.06. The molecule has 13 heavy (non-hydrogen) atoms. The number of nitrogens with two attached hydrogens (primary N) is 1. The van der Waals surface area contributed by atoms with Crippen LogP contribution in [0.1, 0.15) is 15.9 Å². The molecule has 1 aromatic rings. The van der Waals surface area contributed by atoms with Gasteiger partial charge < -0.3 is 5.73 Å². The molecule has 1 aromatic carbocycles. The van der Waals surface area contributed by atoms with Crippen molar-refractivity contribution in [1.29, 1.82) is 0 Å². The second-order valence-electron chi connectivity index (χ2n) is 2.50. The van der Waals surface area contributed by atoms with Gasteiger partial charge in [0.2, 0.25) is 5.91 Å². The van der Waals surface area contributed by atoms with E-state index in [2.05, 4.69) is 10.0 Å². The lowest BCUT2D eigenvalue weighted by molar-refractivity contribution is 0.1000. The van der Waals surface area contributed by atoms with E-state index in [4.69, 9.17) is 11.3 Å². The predicted molar refractivity (Wildman–Crippen MR) is 48.5 cm³/mol. The number of hydrogen-bond acceptors (Lipinski definition) is 2. The third kappa shape index (κ3) is 1.77. The van der Waals surface area contributed by atoms with E-state index < -0.39 is 5.91 Å². The number of rotatable bonds is 2. The van der Waals surface area contributed by atoms with E-state index in [1.807, 2.05) is 0 Å². The molecule has 2 N–H and O–H groups in total. The van der Waals surface area contributed by atoms with E-state index >= 15 is 0 Å². The van der Waals surface area contributed by atoms with Gasteiger partial charge in [-0.25, -0.2) is 0 Å². The fourth-order valence-corrected chi connectivity index (χ4v) is 1.05. The molecule has 0 radical (unpaired) electrons. The number of hydrogen-bond donors (Lipinski definition) is 1. The number of primary amides is 1. The Balaban J connectivity index is 3.34. The minimum atomic E-state index is -0.521. The third-order valence-corrected chi connectivity index (χ3v) is 1.72. The molecule has 0 spiro atoms. The van der Waals surface area contributed by atoms with E-state index in [0.29, 0.717) is 16.8 Å². The zero-order chi connectivity index (χ0) is 9.84. The highest BCUT2D eigenvalue weighted by molar-refractivity contribution is 5.95. The minimum Gasteiger partial charge on any atom is -0.366 e. The molecule has 0 unspecified atom stereocenters. The van der Waals surface area contributed by atoms with Crippen molar-refractivity contribution in [1.82, 2.24) is 0 Å². The molecule has 0 aliphatic carbocycles. The predicted octanol–water partition coefficient (Wildman–Crippen LogP) is 2.04. The molecular formula is C8H8N4O. The van der Waals surface area contributed by atoms with Gasteiger partial charge in [-0.05, 0) is 24.1 Å². The van der Waals surface area contributed by atoms with Gasteiger partial charge in [-0.2, -0.15) is 0 Å². The summed E-state index contributed by atoms with van der Waals surface area (Å²) in [6, 6.07) is 4.84. The van der Waals surface area contributed by atoms with Gasteiger partial charge in [0.1, 0.15) is 0 Å². The molecule has 5 nitrogen and oxygen atoms in total. The van der Waals surface area contributed by atoms with Gasteiger partial charge >= 0.3 is 0 Å². The number of carbonyl (C=O) groups is 1. The van der Waals surface area contributed by atoms with Crippen LogP contribution >= 0.6 is 0 Å². The Labute approximate surface area is 74.8 Å². The van der Waals surface area contributed by atoms with Gasteiger partial charge in [0, 0.05) is 16.2 Å². The summed E-state index contributed by atoms with van der Waals surface area (Å²) in [5.41, 5.74) is 14.7. The van der Waals surface area contributed by atoms with E-state index in [9.17, 15) is 4.79 Å². The summed E-state index contributed by atoms with van der Waals surface area (Å²) in [7, 11) is 0. The fraction of sp³-hybridized carbons (Fsp3) is 0.125. The standard InChI is InChI=1S/C8H8N4O/c1-5-6(8(9)13)3-2-4-7(5)11-12-10/h2-4H,1H3,(H2,9,13). The Morgan fingerprint density at radius 1 is 1.62 bits per heavy atom. The molecule has 5 heteroatoms. The summed E-state index contributed by atoms with van der Waals surface area (Å²) < 4.78 is 0. The summed E-state index contributed by atoms with van der Waals surface area (Å²) in [4.78, 5) is 13.5. The molecular weight excluding hydrogens is 168 g/mol. The lowest BCUT2D eigenvalue weighted by Gasteiger charge is -2.02. The first-order valence-corrected chi connectivity index (χ1v) is 3.61. The van der Waals surface area contributed by atoms with E-state index in [0.717, 1.165) is 0 Å². The van der Waals surface area contributed by atoms with Crippen molar-refractivity contribution in [3.63, 3.8) is 0 Å². The van der Waals surface area contributed by atoms with E-state index in [-0.39, 0.29) is 0 Å². The van der Waals surface area contributed by atoms with Gasteiger partial charge in [0.25, 0.3) is 0 Å². The molecule has 1 rings (SSSR count). The van der Waals surface area contributed by atoms with Crippen molar-refractivity contribution in [2.45, 2.75) is 6.92 Å². The lowest BCUT2D eigenvalue weighted by Crippen LogP contribution is -2.12. The van der Waals surface area contributed by atoms with Gasteiger partial charge in [-0.15, -0.1) is 0 Å². The number of benzene rings is 1. The molecule has 0 fully saturated rings. The maximum Gasteiger partial charge on any atom is 0.248 e. The van der Waals surface area contributed by atoms with Crippen molar-refractivity contribution >= 4 is 11.6 Å². The summed E-state index contributed by atoms with van der Waals surface area (Å²) in [6.45, 7) is 1.68. The highest BCUT2D eigenvalue weighted by Crippen LogP contribution is 2.21. The molecule has 0 bridgehead atoms. The smallest absolute Gasteiger partial charge is 0.248 e. The van der Waals surface area contributed by atoms with Crippen LogP contribution < -0.4 is 5.73 Å². The first-order valence-electron chi connectivity index (χ1n) is 3.61. The van der Waals surface area contributed by atoms with Crippen LogP contribution in [0.3, 0.4) is 0 Å². The molecule has 0 saturated carbocycles. The SMILES string of the molecule is Cc1c(N=[N+]=[N-])cccc1C(N)=O. The van der Waals surface area contributed by atoms with Crippen LogP contribution in [0.4, 0.5) is 5.69 Å². The summed E-state index contributed by atoms with van der Waals surface area (Å²) >= 11 is 0. The molecule has 0 heterocycles. The van der Waals surface area contributed by atoms with Gasteiger partial charge in [0.15, 0.2) is 0 Å². The van der Waals surface area contributed by atoms with E-state index in [1.54, 1.807) is 25.1 Å². The molecule has 1 amide bonds. The quantitative estimate of drug-likeness (QED) is 0.416. The van der Waals surface area contributed by atoms with Gasteiger partial charge in [0.05, 0.1) is 0 Å². The molecule has 0 atom stereocenters. The third-order valence-electron chi connectivity index (χ3n) is 1.72. The van der Waals surface area contributed by atoms with Crippen molar-refractivity contribution in [3.8, 4) is 0 Å².